The van der Waals surface area contributed by atoms with E-state index in [0.29, 0.717) is 45.6 Å². The van der Waals surface area contributed by atoms with Crippen molar-refractivity contribution in [2.75, 3.05) is 40.4 Å². The first-order valence-corrected chi connectivity index (χ1v) is 10.2. The van der Waals surface area contributed by atoms with Gasteiger partial charge in [-0.1, -0.05) is 24.3 Å². The first-order chi connectivity index (χ1) is 14.6. The number of nitrogens with one attached hydrogen (secondary N) is 1. The number of urea groups is 1. The number of nitrogens with zero attached hydrogens (tertiary/aromatic N) is 2. The first-order valence-electron chi connectivity index (χ1n) is 10.2. The van der Waals surface area contributed by atoms with Crippen molar-refractivity contribution < 1.29 is 19.1 Å². The second kappa shape index (κ2) is 10.5. The van der Waals surface area contributed by atoms with E-state index in [9.17, 15) is 9.59 Å². The Hall–Kier alpha value is -3.22. The van der Waals surface area contributed by atoms with Crippen LogP contribution in [0.1, 0.15) is 17.5 Å². The molecule has 0 unspecified atom stereocenters. The van der Waals surface area contributed by atoms with E-state index < -0.39 is 0 Å². The van der Waals surface area contributed by atoms with Gasteiger partial charge >= 0.3 is 6.03 Å². The number of rotatable bonds is 7. The molecule has 1 saturated heterocycles. The van der Waals surface area contributed by atoms with Crippen LogP contribution < -0.4 is 14.8 Å². The molecule has 1 fully saturated rings. The molecule has 2 aromatic rings. The van der Waals surface area contributed by atoms with Gasteiger partial charge in [-0.2, -0.15) is 0 Å². The number of ether oxygens (including phenoxy) is 2. The van der Waals surface area contributed by atoms with Crippen LogP contribution >= 0.6 is 0 Å². The van der Waals surface area contributed by atoms with Crippen LogP contribution in [0.3, 0.4) is 0 Å². The van der Waals surface area contributed by atoms with Gasteiger partial charge in [0.1, 0.15) is 11.5 Å². The van der Waals surface area contributed by atoms with Crippen LogP contribution in [0.15, 0.2) is 48.5 Å². The zero-order chi connectivity index (χ0) is 21.3. The lowest BCUT2D eigenvalue weighted by molar-refractivity contribution is -0.132. The molecule has 1 heterocycles. The SMILES string of the molecule is COc1ccc(CCC(=O)N2CCN(C(=O)NCc3cccc(OC)c3)CC2)cc1. The molecule has 0 aliphatic carbocycles. The maximum atomic E-state index is 12.5. The Morgan fingerprint density at radius 3 is 2.20 bits per heavy atom. The molecule has 0 saturated carbocycles. The number of amides is 3. The number of aryl methyl sites for hydroxylation is 1. The van der Waals surface area contributed by atoms with E-state index in [-0.39, 0.29) is 11.9 Å². The van der Waals surface area contributed by atoms with Crippen molar-refractivity contribution in [1.29, 1.82) is 0 Å². The molecular weight excluding hydrogens is 382 g/mol. The fourth-order valence-electron chi connectivity index (χ4n) is 3.43. The maximum Gasteiger partial charge on any atom is 0.317 e. The van der Waals surface area contributed by atoms with Crippen molar-refractivity contribution >= 4 is 11.9 Å². The lowest BCUT2D eigenvalue weighted by Gasteiger charge is -2.34. The van der Waals surface area contributed by atoms with Crippen molar-refractivity contribution in [3.05, 3.63) is 59.7 Å². The summed E-state index contributed by atoms with van der Waals surface area (Å²) in [6.07, 6.45) is 1.17. The Labute approximate surface area is 177 Å². The summed E-state index contributed by atoms with van der Waals surface area (Å²) in [4.78, 5) is 28.5. The average molecular weight is 412 g/mol. The summed E-state index contributed by atoms with van der Waals surface area (Å²) in [7, 11) is 3.26. The van der Waals surface area contributed by atoms with Gasteiger partial charge in [-0.25, -0.2) is 4.79 Å². The molecule has 3 amide bonds. The van der Waals surface area contributed by atoms with Crippen LogP contribution in [0.25, 0.3) is 0 Å². The van der Waals surface area contributed by atoms with Crippen molar-refractivity contribution in [1.82, 2.24) is 15.1 Å². The van der Waals surface area contributed by atoms with Gasteiger partial charge in [0.2, 0.25) is 5.91 Å². The number of hydrogen-bond acceptors (Lipinski definition) is 4. The minimum Gasteiger partial charge on any atom is -0.497 e. The lowest BCUT2D eigenvalue weighted by Crippen LogP contribution is -2.53. The molecule has 7 heteroatoms. The summed E-state index contributed by atoms with van der Waals surface area (Å²) in [5, 5.41) is 2.94. The number of piperazine rings is 1. The highest BCUT2D eigenvalue weighted by atomic mass is 16.5. The molecule has 1 aliphatic rings. The highest BCUT2D eigenvalue weighted by Gasteiger charge is 2.23. The van der Waals surface area contributed by atoms with Crippen LogP contribution in [-0.4, -0.2) is 62.1 Å². The summed E-state index contributed by atoms with van der Waals surface area (Å²) >= 11 is 0. The molecule has 2 aromatic carbocycles. The molecule has 0 radical (unpaired) electrons. The Morgan fingerprint density at radius 1 is 0.867 bits per heavy atom. The monoisotopic (exact) mass is 411 g/mol. The molecule has 0 atom stereocenters. The summed E-state index contributed by atoms with van der Waals surface area (Å²) < 4.78 is 10.4. The van der Waals surface area contributed by atoms with Crippen molar-refractivity contribution in [3.8, 4) is 11.5 Å². The summed E-state index contributed by atoms with van der Waals surface area (Å²) in [6, 6.07) is 15.3. The third kappa shape index (κ3) is 5.89. The Bertz CT molecular complexity index is 846. The molecule has 3 rings (SSSR count). The molecule has 0 aromatic heterocycles. The standard InChI is InChI=1S/C23H29N3O4/c1-29-20-9-6-18(7-10-20)8-11-22(27)25-12-14-26(15-13-25)23(28)24-17-19-4-3-5-21(16-19)30-2/h3-7,9-10,16H,8,11-15,17H2,1-2H3,(H,24,28). The summed E-state index contributed by atoms with van der Waals surface area (Å²) in [5.74, 6) is 1.71. The van der Waals surface area contributed by atoms with E-state index in [0.717, 1.165) is 22.6 Å². The second-order valence-electron chi connectivity index (χ2n) is 7.23. The number of carbonyl (C=O) groups excluding carboxylic acids is 2. The smallest absolute Gasteiger partial charge is 0.317 e. The highest BCUT2D eigenvalue weighted by molar-refractivity contribution is 5.78. The summed E-state index contributed by atoms with van der Waals surface area (Å²) in [6.45, 7) is 2.65. The van der Waals surface area contributed by atoms with Crippen LogP contribution in [0.2, 0.25) is 0 Å². The van der Waals surface area contributed by atoms with Crippen LogP contribution in [0.5, 0.6) is 11.5 Å². The second-order valence-corrected chi connectivity index (χ2v) is 7.23. The third-order valence-electron chi connectivity index (χ3n) is 5.28. The van der Waals surface area contributed by atoms with Gasteiger partial charge in [0.15, 0.2) is 0 Å². The van der Waals surface area contributed by atoms with E-state index in [1.807, 2.05) is 53.4 Å². The predicted octanol–water partition coefficient (Wildman–Crippen LogP) is 2.69. The van der Waals surface area contributed by atoms with Crippen LogP contribution in [-0.2, 0) is 17.8 Å². The summed E-state index contributed by atoms with van der Waals surface area (Å²) in [5.41, 5.74) is 2.09. The molecule has 30 heavy (non-hydrogen) atoms. The van der Waals surface area contributed by atoms with Gasteiger partial charge in [-0.3, -0.25) is 4.79 Å². The normalized spacial score (nSPS) is 13.7. The molecule has 1 N–H and O–H groups in total. The maximum absolute atomic E-state index is 12.5. The van der Waals surface area contributed by atoms with Crippen molar-refractivity contribution in [2.45, 2.75) is 19.4 Å². The Balaban J connectivity index is 1.39. The fraction of sp³-hybridized carbons (Fsp3) is 0.391. The minimum absolute atomic E-state index is 0.108. The number of benzene rings is 2. The van der Waals surface area contributed by atoms with Crippen molar-refractivity contribution in [3.63, 3.8) is 0 Å². The van der Waals surface area contributed by atoms with Gasteiger partial charge in [0, 0.05) is 39.1 Å². The topological polar surface area (TPSA) is 71.1 Å². The zero-order valence-corrected chi connectivity index (χ0v) is 17.6. The van der Waals surface area contributed by atoms with Crippen molar-refractivity contribution in [2.24, 2.45) is 0 Å². The van der Waals surface area contributed by atoms with Crippen LogP contribution in [0.4, 0.5) is 4.79 Å². The van der Waals surface area contributed by atoms with Crippen LogP contribution in [0, 0.1) is 0 Å². The number of hydrogen-bond donors (Lipinski definition) is 1. The molecule has 7 nitrogen and oxygen atoms in total. The zero-order valence-electron chi connectivity index (χ0n) is 17.6. The average Bonchev–Trinajstić information content (AvgIpc) is 2.81. The van der Waals surface area contributed by atoms with Gasteiger partial charge in [-0.05, 0) is 41.8 Å². The van der Waals surface area contributed by atoms with E-state index in [1.54, 1.807) is 19.1 Å². The Morgan fingerprint density at radius 2 is 1.53 bits per heavy atom. The Kier molecular flexibility index (Phi) is 7.54. The van der Waals surface area contributed by atoms with E-state index in [2.05, 4.69) is 5.32 Å². The fourth-order valence-corrected chi connectivity index (χ4v) is 3.43. The van der Waals surface area contributed by atoms with Gasteiger partial charge in [0.25, 0.3) is 0 Å². The molecule has 0 bridgehead atoms. The quantitative estimate of drug-likeness (QED) is 0.761. The van der Waals surface area contributed by atoms with Gasteiger partial charge in [0.05, 0.1) is 14.2 Å². The predicted molar refractivity (Wildman–Crippen MR) is 115 cm³/mol. The third-order valence-corrected chi connectivity index (χ3v) is 5.28. The van der Waals surface area contributed by atoms with E-state index in [1.165, 1.54) is 0 Å². The molecular formula is C23H29N3O4. The number of carbonyl (C=O) groups is 2. The van der Waals surface area contributed by atoms with E-state index in [4.69, 9.17) is 9.47 Å². The lowest BCUT2D eigenvalue weighted by atomic mass is 10.1. The molecule has 1 aliphatic heterocycles. The van der Waals surface area contributed by atoms with E-state index >= 15 is 0 Å². The largest absolute Gasteiger partial charge is 0.497 e. The number of methoxy groups -OCH3 is 2. The first kappa shape index (κ1) is 21.5. The van der Waals surface area contributed by atoms with Gasteiger partial charge in [-0.15, -0.1) is 0 Å². The highest BCUT2D eigenvalue weighted by Crippen LogP contribution is 2.14. The molecule has 0 spiro atoms. The molecule has 160 valence electrons. The van der Waals surface area contributed by atoms with Gasteiger partial charge < -0.3 is 24.6 Å². The minimum atomic E-state index is -0.108.